The molecule has 0 saturated carbocycles. The predicted octanol–water partition coefficient (Wildman–Crippen LogP) is 5.27. The molecule has 0 aliphatic carbocycles. The lowest BCUT2D eigenvalue weighted by molar-refractivity contribution is -0.115. The number of benzene rings is 2. The zero-order chi connectivity index (χ0) is 22.4. The van der Waals surface area contributed by atoms with E-state index in [0.29, 0.717) is 5.92 Å². The highest BCUT2D eigenvalue weighted by Gasteiger charge is 2.08. The summed E-state index contributed by atoms with van der Waals surface area (Å²) in [7, 11) is 0. The van der Waals surface area contributed by atoms with Gasteiger partial charge < -0.3 is 5.32 Å². The first kappa shape index (κ1) is 22.4. The Bertz CT molecular complexity index is 1060. The number of thiocarbonyl (C=S) groups is 1. The van der Waals surface area contributed by atoms with Gasteiger partial charge in [0.25, 0.3) is 0 Å². The maximum atomic E-state index is 12.2. The number of H-pyrrole nitrogens is 1. The zero-order valence-electron chi connectivity index (χ0n) is 18.3. The Morgan fingerprint density at radius 2 is 1.77 bits per heavy atom. The van der Waals surface area contributed by atoms with E-state index in [2.05, 4.69) is 46.8 Å². The van der Waals surface area contributed by atoms with Gasteiger partial charge in [-0.1, -0.05) is 50.2 Å². The van der Waals surface area contributed by atoms with Crippen molar-refractivity contribution in [3.63, 3.8) is 0 Å². The molecule has 0 spiro atoms. The molecule has 0 aliphatic rings. The number of nitrogens with one attached hydrogen (secondary N) is 3. The van der Waals surface area contributed by atoms with E-state index >= 15 is 0 Å². The summed E-state index contributed by atoms with van der Waals surface area (Å²) in [5.41, 5.74) is 7.57. The lowest BCUT2D eigenvalue weighted by atomic mass is 10.0. The van der Waals surface area contributed by atoms with Crippen molar-refractivity contribution >= 4 is 35.0 Å². The van der Waals surface area contributed by atoms with Crippen LogP contribution in [0.5, 0.6) is 0 Å². The van der Waals surface area contributed by atoms with Crippen molar-refractivity contribution in [2.45, 2.75) is 40.0 Å². The third kappa shape index (κ3) is 6.36. The van der Waals surface area contributed by atoms with E-state index < -0.39 is 0 Å². The number of nitrogens with zero attached hydrogens (tertiary/aromatic N) is 1. The molecule has 0 atom stereocenters. The lowest BCUT2D eigenvalue weighted by Crippen LogP contribution is -2.32. The maximum Gasteiger partial charge on any atom is 0.250 e. The van der Waals surface area contributed by atoms with Crippen molar-refractivity contribution in [2.75, 3.05) is 5.32 Å². The summed E-state index contributed by atoms with van der Waals surface area (Å²) in [6, 6.07) is 16.1. The van der Waals surface area contributed by atoms with Crippen molar-refractivity contribution in [3.05, 3.63) is 88.2 Å². The smallest absolute Gasteiger partial charge is 0.250 e. The molecule has 1 aromatic heterocycles. The molecule has 2 aromatic carbocycles. The van der Waals surface area contributed by atoms with E-state index in [9.17, 15) is 4.79 Å². The summed E-state index contributed by atoms with van der Waals surface area (Å²) in [5, 5.41) is 13.2. The molecule has 0 bridgehead atoms. The minimum atomic E-state index is -0.270. The van der Waals surface area contributed by atoms with Gasteiger partial charge in [0.05, 0.1) is 5.69 Å². The molecule has 0 aliphatic heterocycles. The average molecular weight is 433 g/mol. The van der Waals surface area contributed by atoms with Crippen LogP contribution in [0.2, 0.25) is 0 Å². The largest absolute Gasteiger partial charge is 0.332 e. The van der Waals surface area contributed by atoms with E-state index in [1.165, 1.54) is 22.8 Å². The Morgan fingerprint density at radius 3 is 2.35 bits per heavy atom. The van der Waals surface area contributed by atoms with Gasteiger partial charge in [-0.3, -0.25) is 15.2 Å². The van der Waals surface area contributed by atoms with E-state index in [1.807, 2.05) is 50.2 Å². The Hall–Kier alpha value is -3.25. The molecule has 160 valence electrons. The topological polar surface area (TPSA) is 69.8 Å². The van der Waals surface area contributed by atoms with Crippen molar-refractivity contribution in [1.29, 1.82) is 0 Å². The minimum absolute atomic E-state index is 0.263. The van der Waals surface area contributed by atoms with Crippen LogP contribution in [-0.4, -0.2) is 21.2 Å². The number of aromatic amines is 1. The Kier molecular flexibility index (Phi) is 7.36. The van der Waals surface area contributed by atoms with Crippen LogP contribution >= 0.6 is 12.2 Å². The standard InChI is InChI=1S/C25H28N4OS/c1-16(2)21-10-5-19(6-11-21)9-14-24(30)27-25(31)26-22-12-7-20(8-13-22)15-23-17(3)28-29-18(23)4/h5-14,16H,15H2,1-4H3,(H,28,29)(H2,26,27,30,31)/b14-9+. The Labute approximate surface area is 189 Å². The summed E-state index contributed by atoms with van der Waals surface area (Å²) in [6.45, 7) is 8.34. The van der Waals surface area contributed by atoms with Gasteiger partial charge in [-0.2, -0.15) is 5.10 Å². The van der Waals surface area contributed by atoms with Crippen LogP contribution in [0.15, 0.2) is 54.6 Å². The van der Waals surface area contributed by atoms with Gasteiger partial charge in [0.2, 0.25) is 5.91 Å². The number of anilines is 1. The second-order valence-corrected chi connectivity index (χ2v) is 8.29. The molecule has 3 N–H and O–H groups in total. The number of aromatic nitrogens is 2. The molecule has 31 heavy (non-hydrogen) atoms. The van der Waals surface area contributed by atoms with Crippen LogP contribution in [0, 0.1) is 13.8 Å². The average Bonchev–Trinajstić information content (AvgIpc) is 3.06. The van der Waals surface area contributed by atoms with Crippen LogP contribution < -0.4 is 10.6 Å². The fourth-order valence-corrected chi connectivity index (χ4v) is 3.44. The number of aryl methyl sites for hydroxylation is 2. The molecule has 0 saturated heterocycles. The van der Waals surface area contributed by atoms with E-state index in [0.717, 1.165) is 29.1 Å². The van der Waals surface area contributed by atoms with Crippen LogP contribution in [-0.2, 0) is 11.2 Å². The van der Waals surface area contributed by atoms with Crippen molar-refractivity contribution in [3.8, 4) is 0 Å². The number of carbonyl (C=O) groups is 1. The van der Waals surface area contributed by atoms with Gasteiger partial charge in [0.1, 0.15) is 0 Å². The molecular weight excluding hydrogens is 404 g/mol. The van der Waals surface area contributed by atoms with Gasteiger partial charge in [0, 0.05) is 29.4 Å². The molecule has 1 amide bonds. The SMILES string of the molecule is Cc1n[nH]c(C)c1Cc1ccc(NC(=S)NC(=O)/C=C/c2ccc(C(C)C)cc2)cc1. The first-order valence-electron chi connectivity index (χ1n) is 10.3. The third-order valence-electron chi connectivity index (χ3n) is 5.14. The highest BCUT2D eigenvalue weighted by atomic mass is 32.1. The molecule has 3 aromatic rings. The Morgan fingerprint density at radius 1 is 1.10 bits per heavy atom. The van der Waals surface area contributed by atoms with E-state index in [1.54, 1.807) is 6.08 Å². The lowest BCUT2D eigenvalue weighted by Gasteiger charge is -2.09. The van der Waals surface area contributed by atoms with E-state index in [4.69, 9.17) is 12.2 Å². The van der Waals surface area contributed by atoms with Crippen molar-refractivity contribution in [2.24, 2.45) is 0 Å². The second kappa shape index (κ2) is 10.2. The molecule has 6 heteroatoms. The second-order valence-electron chi connectivity index (χ2n) is 7.88. The molecule has 1 heterocycles. The normalized spacial score (nSPS) is 11.1. The number of carbonyl (C=O) groups excluding carboxylic acids is 1. The van der Waals surface area contributed by atoms with Gasteiger partial charge in [-0.25, -0.2) is 0 Å². The summed E-state index contributed by atoms with van der Waals surface area (Å²) in [6.07, 6.45) is 4.08. The number of hydrogen-bond acceptors (Lipinski definition) is 3. The molecule has 0 fully saturated rings. The van der Waals surface area contributed by atoms with Crippen molar-refractivity contribution < 1.29 is 4.79 Å². The predicted molar refractivity (Wildman–Crippen MR) is 131 cm³/mol. The third-order valence-corrected chi connectivity index (χ3v) is 5.34. The van der Waals surface area contributed by atoms with Crippen LogP contribution in [0.4, 0.5) is 5.69 Å². The van der Waals surface area contributed by atoms with Crippen LogP contribution in [0.1, 0.15) is 53.4 Å². The van der Waals surface area contributed by atoms with Crippen LogP contribution in [0.25, 0.3) is 6.08 Å². The van der Waals surface area contributed by atoms with Gasteiger partial charge in [0.15, 0.2) is 5.11 Å². The first-order chi connectivity index (χ1) is 14.8. The summed E-state index contributed by atoms with van der Waals surface area (Å²) >= 11 is 5.26. The highest BCUT2D eigenvalue weighted by molar-refractivity contribution is 7.80. The summed E-state index contributed by atoms with van der Waals surface area (Å²) in [5.74, 6) is 0.214. The monoisotopic (exact) mass is 432 g/mol. The van der Waals surface area contributed by atoms with Gasteiger partial charge in [-0.05, 0) is 66.9 Å². The number of rotatable bonds is 6. The molecular formula is C25H28N4OS. The fraction of sp³-hybridized carbons (Fsp3) is 0.240. The van der Waals surface area contributed by atoms with Crippen molar-refractivity contribution in [1.82, 2.24) is 15.5 Å². The number of amides is 1. The fourth-order valence-electron chi connectivity index (χ4n) is 3.22. The molecule has 5 nitrogen and oxygen atoms in total. The first-order valence-corrected chi connectivity index (χ1v) is 10.7. The molecule has 3 rings (SSSR count). The molecule has 0 radical (unpaired) electrons. The summed E-state index contributed by atoms with van der Waals surface area (Å²) < 4.78 is 0. The summed E-state index contributed by atoms with van der Waals surface area (Å²) in [4.78, 5) is 12.2. The Balaban J connectivity index is 1.51. The van der Waals surface area contributed by atoms with E-state index in [-0.39, 0.29) is 11.0 Å². The quantitative estimate of drug-likeness (QED) is 0.367. The van der Waals surface area contributed by atoms with Crippen LogP contribution in [0.3, 0.4) is 0 Å². The van der Waals surface area contributed by atoms with Gasteiger partial charge >= 0.3 is 0 Å². The number of hydrogen-bond donors (Lipinski definition) is 3. The highest BCUT2D eigenvalue weighted by Crippen LogP contribution is 2.18. The maximum absolute atomic E-state index is 12.2. The molecule has 0 unspecified atom stereocenters. The van der Waals surface area contributed by atoms with Gasteiger partial charge in [-0.15, -0.1) is 0 Å². The zero-order valence-corrected chi connectivity index (χ0v) is 19.1. The minimum Gasteiger partial charge on any atom is -0.332 e.